The van der Waals surface area contributed by atoms with Crippen molar-refractivity contribution < 1.29 is 14.3 Å². The van der Waals surface area contributed by atoms with Crippen LogP contribution in [-0.2, 0) is 0 Å². The molecular weight excluding hydrogens is 344 g/mol. The highest BCUT2D eigenvalue weighted by Gasteiger charge is 2.15. The van der Waals surface area contributed by atoms with E-state index < -0.39 is 5.91 Å². The average Bonchev–Trinajstić information content (AvgIpc) is 3.20. The van der Waals surface area contributed by atoms with Gasteiger partial charge in [-0.3, -0.25) is 4.79 Å². The van der Waals surface area contributed by atoms with Gasteiger partial charge in [-0.2, -0.15) is 0 Å². The molecule has 0 aliphatic heterocycles. The monoisotopic (exact) mass is 360 g/mol. The lowest BCUT2D eigenvalue weighted by Gasteiger charge is -2.08. The summed E-state index contributed by atoms with van der Waals surface area (Å²) < 4.78 is 10.6. The number of hydrogen-bond donors (Lipinski definition) is 1. The molecule has 0 aliphatic rings. The van der Waals surface area contributed by atoms with E-state index in [1.165, 1.54) is 22.7 Å². The number of thiazole rings is 1. The van der Waals surface area contributed by atoms with Crippen LogP contribution in [0, 0.1) is 6.92 Å². The lowest BCUT2D eigenvalue weighted by molar-refractivity contribution is 0.100. The molecule has 0 saturated carbocycles. The Balaban J connectivity index is 1.98. The maximum Gasteiger partial charge on any atom is 0.258 e. The first-order chi connectivity index (χ1) is 11.5. The molecule has 2 aromatic heterocycles. The molecule has 7 heteroatoms. The van der Waals surface area contributed by atoms with Crippen molar-refractivity contribution in [3.63, 3.8) is 0 Å². The molecule has 0 unspecified atom stereocenters. The predicted molar refractivity (Wildman–Crippen MR) is 97.2 cm³/mol. The summed E-state index contributed by atoms with van der Waals surface area (Å²) >= 11 is 2.92. The van der Waals surface area contributed by atoms with E-state index in [2.05, 4.69) is 0 Å². The quantitative estimate of drug-likeness (QED) is 0.747. The van der Waals surface area contributed by atoms with Gasteiger partial charge in [0.05, 0.1) is 24.8 Å². The number of nitrogens with zero attached hydrogens (tertiary/aromatic N) is 1. The Bertz CT molecular complexity index is 899. The van der Waals surface area contributed by atoms with Crippen LogP contribution in [0.3, 0.4) is 0 Å². The predicted octanol–water partition coefficient (Wildman–Crippen LogP) is 3.96. The molecule has 24 heavy (non-hydrogen) atoms. The van der Waals surface area contributed by atoms with Gasteiger partial charge in [0, 0.05) is 21.4 Å². The number of methoxy groups -OCH3 is 2. The van der Waals surface area contributed by atoms with Gasteiger partial charge in [-0.15, -0.1) is 22.7 Å². The molecule has 3 aromatic rings. The molecule has 0 radical (unpaired) electrons. The third-order valence-corrected chi connectivity index (χ3v) is 5.52. The van der Waals surface area contributed by atoms with E-state index in [0.29, 0.717) is 16.4 Å². The number of rotatable bonds is 5. The summed E-state index contributed by atoms with van der Waals surface area (Å²) in [6, 6.07) is 7.50. The summed E-state index contributed by atoms with van der Waals surface area (Å²) in [5.74, 6) is 0.926. The van der Waals surface area contributed by atoms with Crippen molar-refractivity contribution in [3.8, 4) is 33.3 Å². The molecule has 0 fully saturated rings. The summed E-state index contributed by atoms with van der Waals surface area (Å²) in [6.45, 7) is 1.96. The molecular formula is C17H16N2O3S2. The summed E-state index contributed by atoms with van der Waals surface area (Å²) in [4.78, 5) is 17.6. The maximum atomic E-state index is 11.3. The summed E-state index contributed by atoms with van der Waals surface area (Å²) in [5.41, 5.74) is 8.10. The van der Waals surface area contributed by atoms with E-state index in [0.717, 1.165) is 26.7 Å². The second kappa shape index (κ2) is 6.62. The first-order valence-electron chi connectivity index (χ1n) is 7.12. The Kier molecular flexibility index (Phi) is 4.55. The summed E-state index contributed by atoms with van der Waals surface area (Å²) in [7, 11) is 3.21. The zero-order chi connectivity index (χ0) is 17.3. The molecule has 3 rings (SSSR count). The number of nitrogens with two attached hydrogens (primary N) is 1. The van der Waals surface area contributed by atoms with E-state index in [-0.39, 0.29) is 0 Å². The number of ether oxygens (including phenoxy) is 2. The second-order valence-electron chi connectivity index (χ2n) is 5.05. The molecule has 0 saturated heterocycles. The van der Waals surface area contributed by atoms with Crippen LogP contribution in [-0.4, -0.2) is 25.1 Å². The lowest BCUT2D eigenvalue weighted by atomic mass is 10.1. The van der Waals surface area contributed by atoms with Gasteiger partial charge < -0.3 is 15.2 Å². The van der Waals surface area contributed by atoms with Gasteiger partial charge in [-0.1, -0.05) is 0 Å². The smallest absolute Gasteiger partial charge is 0.258 e. The van der Waals surface area contributed by atoms with Crippen molar-refractivity contribution in [2.45, 2.75) is 6.92 Å². The fraction of sp³-hybridized carbons (Fsp3) is 0.176. The molecule has 1 amide bonds. The van der Waals surface area contributed by atoms with Crippen molar-refractivity contribution >= 4 is 28.6 Å². The van der Waals surface area contributed by atoms with Crippen molar-refractivity contribution in [3.05, 3.63) is 39.4 Å². The number of primary amides is 1. The second-order valence-corrected chi connectivity index (χ2v) is 7.17. The molecule has 124 valence electrons. The Morgan fingerprint density at radius 2 is 1.92 bits per heavy atom. The van der Waals surface area contributed by atoms with Crippen LogP contribution in [0.25, 0.3) is 21.8 Å². The molecule has 0 spiro atoms. The third kappa shape index (κ3) is 3.00. The van der Waals surface area contributed by atoms with Gasteiger partial charge in [0.25, 0.3) is 5.91 Å². The van der Waals surface area contributed by atoms with Crippen LogP contribution in [0.1, 0.15) is 14.5 Å². The first-order valence-corrected chi connectivity index (χ1v) is 8.81. The van der Waals surface area contributed by atoms with E-state index in [1.807, 2.05) is 30.5 Å². The first kappa shape index (κ1) is 16.5. The Morgan fingerprint density at radius 1 is 1.17 bits per heavy atom. The molecule has 1 aromatic carbocycles. The minimum Gasteiger partial charge on any atom is -0.493 e. The average molecular weight is 360 g/mol. The number of aromatic nitrogens is 1. The van der Waals surface area contributed by atoms with Gasteiger partial charge in [0.1, 0.15) is 5.01 Å². The number of thiophene rings is 1. The van der Waals surface area contributed by atoms with Crippen LogP contribution in [0.4, 0.5) is 0 Å². The van der Waals surface area contributed by atoms with E-state index in [1.54, 1.807) is 20.3 Å². The number of carbonyl (C=O) groups is 1. The molecule has 2 heterocycles. The fourth-order valence-corrected chi connectivity index (χ4v) is 4.18. The standard InChI is InChI=1S/C17H16N2O3S2/c1-9-11(7-15(24-9)16(18)20)17-19-12(8-23-17)10-4-5-13(21-2)14(6-10)22-3/h4-8H,1-3H3,(H2,18,20). The highest BCUT2D eigenvalue weighted by atomic mass is 32.1. The number of aryl methyl sites for hydroxylation is 1. The lowest BCUT2D eigenvalue weighted by Crippen LogP contribution is -2.08. The van der Waals surface area contributed by atoms with E-state index in [9.17, 15) is 4.79 Å². The summed E-state index contributed by atoms with van der Waals surface area (Å²) in [5, 5.41) is 2.85. The van der Waals surface area contributed by atoms with Gasteiger partial charge in [0.15, 0.2) is 11.5 Å². The van der Waals surface area contributed by atoms with Gasteiger partial charge in [-0.25, -0.2) is 4.98 Å². The van der Waals surface area contributed by atoms with E-state index in [4.69, 9.17) is 20.2 Å². The van der Waals surface area contributed by atoms with Crippen molar-refractivity contribution in [1.29, 1.82) is 0 Å². The molecule has 0 atom stereocenters. The van der Waals surface area contributed by atoms with Crippen LogP contribution in [0.2, 0.25) is 0 Å². The minimum absolute atomic E-state index is 0.411. The Hall–Kier alpha value is -2.38. The number of amides is 1. The maximum absolute atomic E-state index is 11.3. The normalized spacial score (nSPS) is 10.6. The van der Waals surface area contributed by atoms with Crippen LogP contribution < -0.4 is 15.2 Å². The molecule has 2 N–H and O–H groups in total. The van der Waals surface area contributed by atoms with Crippen molar-refractivity contribution in [2.75, 3.05) is 14.2 Å². The SMILES string of the molecule is COc1ccc(-c2csc(-c3cc(C(N)=O)sc3C)n2)cc1OC. The van der Waals surface area contributed by atoms with Gasteiger partial charge in [-0.05, 0) is 31.2 Å². The number of hydrogen-bond acceptors (Lipinski definition) is 6. The van der Waals surface area contributed by atoms with Crippen LogP contribution >= 0.6 is 22.7 Å². The van der Waals surface area contributed by atoms with Crippen molar-refractivity contribution in [1.82, 2.24) is 4.98 Å². The molecule has 0 aliphatic carbocycles. The zero-order valence-electron chi connectivity index (χ0n) is 13.5. The topological polar surface area (TPSA) is 74.4 Å². The minimum atomic E-state index is -0.411. The Labute approximate surface area is 147 Å². The van der Waals surface area contributed by atoms with Crippen LogP contribution in [0.5, 0.6) is 11.5 Å². The number of carbonyl (C=O) groups excluding carboxylic acids is 1. The zero-order valence-corrected chi connectivity index (χ0v) is 15.1. The molecule has 5 nitrogen and oxygen atoms in total. The highest BCUT2D eigenvalue weighted by molar-refractivity contribution is 7.16. The fourth-order valence-electron chi connectivity index (χ4n) is 2.34. The van der Waals surface area contributed by atoms with Gasteiger partial charge >= 0.3 is 0 Å². The van der Waals surface area contributed by atoms with Crippen molar-refractivity contribution in [2.24, 2.45) is 5.73 Å². The largest absolute Gasteiger partial charge is 0.493 e. The van der Waals surface area contributed by atoms with Crippen LogP contribution in [0.15, 0.2) is 29.6 Å². The van der Waals surface area contributed by atoms with Gasteiger partial charge in [0.2, 0.25) is 0 Å². The third-order valence-electron chi connectivity index (χ3n) is 3.57. The number of benzene rings is 1. The molecule has 0 bridgehead atoms. The Morgan fingerprint density at radius 3 is 2.54 bits per heavy atom. The van der Waals surface area contributed by atoms with E-state index >= 15 is 0 Å². The highest BCUT2D eigenvalue weighted by Crippen LogP contribution is 2.37. The summed E-state index contributed by atoms with van der Waals surface area (Å²) in [6.07, 6.45) is 0.